The van der Waals surface area contributed by atoms with Crippen molar-refractivity contribution in [3.8, 4) is 17.6 Å². The summed E-state index contributed by atoms with van der Waals surface area (Å²) in [6, 6.07) is 8.68. The molecule has 0 saturated carbocycles. The molecule has 0 bridgehead atoms. The summed E-state index contributed by atoms with van der Waals surface area (Å²) in [6.07, 6.45) is 3.26. The maximum absolute atomic E-state index is 8.74. The summed E-state index contributed by atoms with van der Waals surface area (Å²) in [6.45, 7) is 0. The molecule has 0 radical (unpaired) electrons. The van der Waals surface area contributed by atoms with Gasteiger partial charge in [0.1, 0.15) is 17.6 Å². The van der Waals surface area contributed by atoms with Crippen molar-refractivity contribution in [2.24, 2.45) is 0 Å². The average molecular weight is 310 g/mol. The van der Waals surface area contributed by atoms with E-state index in [1.54, 1.807) is 36.7 Å². The molecule has 5 heteroatoms. The Kier molecular flexibility index (Phi) is 3.62. The van der Waals surface area contributed by atoms with Crippen LogP contribution in [0.3, 0.4) is 0 Å². The normalized spacial score (nSPS) is 9.71. The number of halogens is 2. The number of ether oxygens (including phenoxy) is 1. The molecule has 0 aliphatic rings. The largest absolute Gasteiger partial charge is 0.456 e. The molecular formula is C12H6BrClN2O. The van der Waals surface area contributed by atoms with Gasteiger partial charge >= 0.3 is 0 Å². The van der Waals surface area contributed by atoms with Gasteiger partial charge in [0.25, 0.3) is 0 Å². The van der Waals surface area contributed by atoms with Crippen molar-refractivity contribution in [1.29, 1.82) is 5.26 Å². The third-order valence-corrected chi connectivity index (χ3v) is 2.72. The van der Waals surface area contributed by atoms with Gasteiger partial charge in [0.15, 0.2) is 0 Å². The second kappa shape index (κ2) is 5.17. The number of aromatic nitrogens is 1. The number of pyridine rings is 1. The predicted octanol–water partition coefficient (Wildman–Crippen LogP) is 4.16. The van der Waals surface area contributed by atoms with Gasteiger partial charge in [0.2, 0.25) is 0 Å². The lowest BCUT2D eigenvalue weighted by atomic mass is 10.2. The van der Waals surface area contributed by atoms with Crippen molar-refractivity contribution in [3.05, 3.63) is 51.7 Å². The quantitative estimate of drug-likeness (QED) is 0.836. The van der Waals surface area contributed by atoms with Gasteiger partial charge in [-0.25, -0.2) is 0 Å². The fraction of sp³-hybridized carbons (Fsp3) is 0. The Morgan fingerprint density at radius 2 is 2.06 bits per heavy atom. The zero-order chi connectivity index (χ0) is 12.3. The minimum absolute atomic E-state index is 0.368. The zero-order valence-electron chi connectivity index (χ0n) is 8.52. The molecule has 1 aromatic heterocycles. The minimum Gasteiger partial charge on any atom is -0.456 e. The molecule has 0 atom stereocenters. The van der Waals surface area contributed by atoms with Gasteiger partial charge in [-0.15, -0.1) is 0 Å². The number of nitrogens with zero attached hydrogens (tertiary/aromatic N) is 2. The molecule has 0 aliphatic carbocycles. The second-order valence-electron chi connectivity index (χ2n) is 3.19. The highest BCUT2D eigenvalue weighted by Crippen LogP contribution is 2.27. The van der Waals surface area contributed by atoms with Crippen molar-refractivity contribution in [3.63, 3.8) is 0 Å². The van der Waals surface area contributed by atoms with Crippen LogP contribution in [0.25, 0.3) is 0 Å². The van der Waals surface area contributed by atoms with E-state index in [-0.39, 0.29) is 0 Å². The van der Waals surface area contributed by atoms with E-state index < -0.39 is 0 Å². The topological polar surface area (TPSA) is 45.9 Å². The van der Waals surface area contributed by atoms with Crippen LogP contribution in [-0.2, 0) is 0 Å². The van der Waals surface area contributed by atoms with E-state index in [0.29, 0.717) is 22.1 Å². The van der Waals surface area contributed by atoms with E-state index in [1.807, 2.05) is 6.07 Å². The first-order valence-corrected chi connectivity index (χ1v) is 5.84. The number of hydrogen-bond acceptors (Lipinski definition) is 3. The second-order valence-corrected chi connectivity index (χ2v) is 4.52. The highest BCUT2D eigenvalue weighted by molar-refractivity contribution is 9.10. The van der Waals surface area contributed by atoms with Gasteiger partial charge in [-0.3, -0.25) is 4.98 Å². The summed E-state index contributed by atoms with van der Waals surface area (Å²) in [5, 5.41) is 9.11. The number of benzene rings is 1. The van der Waals surface area contributed by atoms with Crippen LogP contribution in [-0.4, -0.2) is 4.98 Å². The van der Waals surface area contributed by atoms with Crippen molar-refractivity contribution in [2.75, 3.05) is 0 Å². The third kappa shape index (κ3) is 2.96. The molecule has 1 heterocycles. The molecule has 0 fully saturated rings. The zero-order valence-corrected chi connectivity index (χ0v) is 10.9. The number of rotatable bonds is 2. The molecule has 17 heavy (non-hydrogen) atoms. The van der Waals surface area contributed by atoms with Gasteiger partial charge in [0, 0.05) is 16.7 Å². The SMILES string of the molecule is N#Cc1ccc(Oc2cncc(Br)c2)cc1Cl. The monoisotopic (exact) mass is 308 g/mol. The number of nitriles is 1. The van der Waals surface area contributed by atoms with Crippen LogP contribution in [0.2, 0.25) is 5.02 Å². The molecule has 0 amide bonds. The molecule has 0 aliphatic heterocycles. The van der Waals surface area contributed by atoms with E-state index in [2.05, 4.69) is 20.9 Å². The van der Waals surface area contributed by atoms with E-state index in [4.69, 9.17) is 21.6 Å². The maximum atomic E-state index is 8.74. The Labute approximate surface area is 112 Å². The van der Waals surface area contributed by atoms with Crippen LogP contribution in [0.1, 0.15) is 5.56 Å². The molecule has 3 nitrogen and oxygen atoms in total. The molecule has 2 aromatic rings. The lowest BCUT2D eigenvalue weighted by Crippen LogP contribution is -1.86. The Hall–Kier alpha value is -1.57. The summed E-state index contributed by atoms with van der Waals surface area (Å²) >= 11 is 9.20. The summed E-state index contributed by atoms with van der Waals surface area (Å²) in [5.41, 5.74) is 0.423. The standard InChI is InChI=1S/C12H6BrClN2O/c13-9-3-11(7-16-6-9)17-10-2-1-8(5-15)12(14)4-10/h1-4,6-7H. The molecule has 0 saturated heterocycles. The molecule has 1 aromatic carbocycles. The first-order chi connectivity index (χ1) is 8.19. The Morgan fingerprint density at radius 3 is 2.71 bits per heavy atom. The van der Waals surface area contributed by atoms with Gasteiger partial charge in [-0.2, -0.15) is 5.26 Å². The van der Waals surface area contributed by atoms with Crippen molar-refractivity contribution >= 4 is 27.5 Å². The van der Waals surface area contributed by atoms with Gasteiger partial charge in [-0.05, 0) is 34.1 Å². The highest BCUT2D eigenvalue weighted by atomic mass is 79.9. The van der Waals surface area contributed by atoms with Crippen LogP contribution >= 0.6 is 27.5 Å². The van der Waals surface area contributed by atoms with Crippen molar-refractivity contribution < 1.29 is 4.74 Å². The fourth-order valence-electron chi connectivity index (χ4n) is 1.23. The molecular weight excluding hydrogens is 304 g/mol. The van der Waals surface area contributed by atoms with Crippen molar-refractivity contribution in [2.45, 2.75) is 0 Å². The first-order valence-electron chi connectivity index (χ1n) is 4.67. The lowest BCUT2D eigenvalue weighted by Gasteiger charge is -2.06. The summed E-state index contributed by atoms with van der Waals surface area (Å²) in [4.78, 5) is 3.98. The van der Waals surface area contributed by atoms with Crippen LogP contribution in [0.4, 0.5) is 0 Å². The summed E-state index contributed by atoms with van der Waals surface area (Å²) in [7, 11) is 0. The summed E-state index contributed by atoms with van der Waals surface area (Å²) < 4.78 is 6.38. The van der Waals surface area contributed by atoms with E-state index in [9.17, 15) is 0 Å². The molecule has 0 unspecified atom stereocenters. The van der Waals surface area contributed by atoms with Gasteiger partial charge < -0.3 is 4.74 Å². The highest BCUT2D eigenvalue weighted by Gasteiger charge is 2.03. The predicted molar refractivity (Wildman–Crippen MR) is 68.2 cm³/mol. The van der Waals surface area contributed by atoms with Crippen LogP contribution in [0.15, 0.2) is 41.1 Å². The Morgan fingerprint density at radius 1 is 1.24 bits per heavy atom. The minimum atomic E-state index is 0.368. The maximum Gasteiger partial charge on any atom is 0.146 e. The van der Waals surface area contributed by atoms with E-state index >= 15 is 0 Å². The molecule has 2 rings (SSSR count). The van der Waals surface area contributed by atoms with E-state index in [0.717, 1.165) is 4.47 Å². The van der Waals surface area contributed by atoms with Crippen LogP contribution < -0.4 is 4.74 Å². The average Bonchev–Trinajstić information content (AvgIpc) is 2.29. The Bertz CT molecular complexity index is 595. The lowest BCUT2D eigenvalue weighted by molar-refractivity contribution is 0.480. The van der Waals surface area contributed by atoms with Gasteiger partial charge in [-0.1, -0.05) is 11.6 Å². The van der Waals surface area contributed by atoms with Gasteiger partial charge in [0.05, 0.1) is 16.8 Å². The van der Waals surface area contributed by atoms with Crippen LogP contribution in [0.5, 0.6) is 11.5 Å². The Balaban J connectivity index is 2.25. The molecule has 0 N–H and O–H groups in total. The summed E-state index contributed by atoms with van der Waals surface area (Å²) in [5.74, 6) is 1.16. The van der Waals surface area contributed by atoms with Crippen LogP contribution in [0, 0.1) is 11.3 Å². The fourth-order valence-corrected chi connectivity index (χ4v) is 1.79. The van der Waals surface area contributed by atoms with Crippen molar-refractivity contribution in [1.82, 2.24) is 4.98 Å². The van der Waals surface area contributed by atoms with E-state index in [1.165, 1.54) is 0 Å². The number of hydrogen-bond donors (Lipinski definition) is 0. The molecule has 0 spiro atoms. The first kappa shape index (κ1) is 11.9. The third-order valence-electron chi connectivity index (χ3n) is 1.98. The molecule has 84 valence electrons. The smallest absolute Gasteiger partial charge is 0.146 e.